The van der Waals surface area contributed by atoms with Crippen LogP contribution in [0.15, 0.2) is 65.7 Å². The van der Waals surface area contributed by atoms with E-state index < -0.39 is 10.0 Å². The Kier molecular flexibility index (Phi) is 4.96. The van der Waals surface area contributed by atoms with Crippen LogP contribution in [0.2, 0.25) is 0 Å². The Labute approximate surface area is 146 Å². The van der Waals surface area contributed by atoms with Gasteiger partial charge in [0.05, 0.1) is 12.2 Å². The molecule has 3 aromatic rings. The Morgan fingerprint density at radius 1 is 1.04 bits per heavy atom. The van der Waals surface area contributed by atoms with Crippen molar-refractivity contribution in [2.45, 2.75) is 24.9 Å². The number of sulfonamides is 1. The monoisotopic (exact) mass is 359 g/mol. The first-order valence-corrected chi connectivity index (χ1v) is 9.24. The molecule has 0 aliphatic heterocycles. The van der Waals surface area contributed by atoms with E-state index in [2.05, 4.69) is 9.82 Å². The summed E-state index contributed by atoms with van der Waals surface area (Å²) in [6.45, 7) is 2.25. The highest BCUT2D eigenvalue weighted by molar-refractivity contribution is 7.89. The molecule has 0 radical (unpaired) electrons. The maximum absolute atomic E-state index is 12.9. The van der Waals surface area contributed by atoms with E-state index in [-0.39, 0.29) is 17.3 Å². The lowest BCUT2D eigenvalue weighted by atomic mass is 10.2. The maximum Gasteiger partial charge on any atom is 0.244 e. The molecule has 0 bridgehead atoms. The van der Waals surface area contributed by atoms with Crippen LogP contribution >= 0.6 is 0 Å². The number of hydrogen-bond donors (Lipinski definition) is 1. The van der Waals surface area contributed by atoms with Gasteiger partial charge < -0.3 is 0 Å². The van der Waals surface area contributed by atoms with Crippen molar-refractivity contribution in [3.05, 3.63) is 83.4 Å². The molecule has 0 saturated carbocycles. The van der Waals surface area contributed by atoms with Gasteiger partial charge in [0.15, 0.2) is 0 Å². The second kappa shape index (κ2) is 7.16. The second-order valence-corrected chi connectivity index (χ2v) is 7.45. The molecular weight excluding hydrogens is 341 g/mol. The number of aromatic nitrogens is 2. The maximum atomic E-state index is 12.9. The molecule has 1 N–H and O–H groups in total. The predicted molar refractivity (Wildman–Crippen MR) is 92.9 cm³/mol. The lowest BCUT2D eigenvalue weighted by Gasteiger charge is -2.05. The normalized spacial score (nSPS) is 11.6. The lowest BCUT2D eigenvalue weighted by Crippen LogP contribution is -2.23. The van der Waals surface area contributed by atoms with Crippen LogP contribution in [-0.2, 0) is 23.1 Å². The summed E-state index contributed by atoms with van der Waals surface area (Å²) in [6.07, 6.45) is 1.52. The van der Waals surface area contributed by atoms with Gasteiger partial charge in [-0.15, -0.1) is 0 Å². The van der Waals surface area contributed by atoms with E-state index in [9.17, 15) is 12.8 Å². The summed E-state index contributed by atoms with van der Waals surface area (Å²) in [4.78, 5) is 0.144. The van der Waals surface area contributed by atoms with Gasteiger partial charge in [-0.25, -0.2) is 17.5 Å². The molecule has 25 heavy (non-hydrogen) atoms. The number of hydrogen-bond acceptors (Lipinski definition) is 3. The highest BCUT2D eigenvalue weighted by atomic mass is 32.2. The number of halogens is 1. The third-order valence-electron chi connectivity index (χ3n) is 3.76. The number of nitrogens with zero attached hydrogens (tertiary/aromatic N) is 2. The first-order chi connectivity index (χ1) is 11.9. The van der Waals surface area contributed by atoms with Gasteiger partial charge >= 0.3 is 0 Å². The van der Waals surface area contributed by atoms with Gasteiger partial charge in [-0.3, -0.25) is 4.68 Å². The Morgan fingerprint density at radius 2 is 1.72 bits per heavy atom. The number of benzene rings is 2. The first kappa shape index (κ1) is 17.3. The lowest BCUT2D eigenvalue weighted by molar-refractivity contribution is 0.580. The number of aryl methyl sites for hydroxylation is 1. The minimum Gasteiger partial charge on any atom is -0.267 e. The average Bonchev–Trinajstić information content (AvgIpc) is 2.96. The fourth-order valence-corrected chi connectivity index (χ4v) is 3.68. The molecule has 0 amide bonds. The van der Waals surface area contributed by atoms with Gasteiger partial charge in [-0.1, -0.05) is 42.5 Å². The van der Waals surface area contributed by atoms with E-state index in [1.54, 1.807) is 23.7 Å². The molecule has 3 rings (SSSR count). The van der Waals surface area contributed by atoms with Crippen molar-refractivity contribution < 1.29 is 12.8 Å². The highest BCUT2D eigenvalue weighted by Crippen LogP contribution is 2.15. The molecule has 130 valence electrons. The summed E-state index contributed by atoms with van der Waals surface area (Å²) in [5.74, 6) is -0.357. The molecule has 1 aromatic heterocycles. The van der Waals surface area contributed by atoms with Gasteiger partial charge in [-0.05, 0) is 30.2 Å². The predicted octanol–water partition coefficient (Wildman–Crippen LogP) is 2.86. The topological polar surface area (TPSA) is 64.0 Å². The van der Waals surface area contributed by atoms with E-state index in [0.717, 1.165) is 5.56 Å². The SMILES string of the molecule is Cc1nn(Cc2ccccc2)cc1S(=O)(=O)NCc1ccc(F)cc1. The van der Waals surface area contributed by atoms with Gasteiger partial charge in [0.25, 0.3) is 0 Å². The van der Waals surface area contributed by atoms with Crippen molar-refractivity contribution >= 4 is 10.0 Å². The fraction of sp³-hybridized carbons (Fsp3) is 0.167. The zero-order valence-electron chi connectivity index (χ0n) is 13.7. The van der Waals surface area contributed by atoms with Crippen molar-refractivity contribution in [2.75, 3.05) is 0 Å². The summed E-state index contributed by atoms with van der Waals surface area (Å²) in [5.41, 5.74) is 2.15. The zero-order chi connectivity index (χ0) is 17.9. The molecule has 0 aliphatic carbocycles. The molecule has 0 saturated heterocycles. The molecule has 0 spiro atoms. The Balaban J connectivity index is 1.74. The molecule has 1 heterocycles. The minimum atomic E-state index is -3.70. The summed E-state index contributed by atoms with van der Waals surface area (Å²) in [6, 6.07) is 15.4. The van der Waals surface area contributed by atoms with Crippen molar-refractivity contribution in [3.63, 3.8) is 0 Å². The van der Waals surface area contributed by atoms with Crippen molar-refractivity contribution in [2.24, 2.45) is 0 Å². The van der Waals surface area contributed by atoms with Crippen molar-refractivity contribution in [3.8, 4) is 0 Å². The molecule has 5 nitrogen and oxygen atoms in total. The van der Waals surface area contributed by atoms with E-state index in [1.165, 1.54) is 18.3 Å². The van der Waals surface area contributed by atoms with Crippen LogP contribution in [0.1, 0.15) is 16.8 Å². The standard InChI is InChI=1S/C18H18FN3O2S/c1-14-18(13-22(21-14)12-16-5-3-2-4-6-16)25(23,24)20-11-15-7-9-17(19)10-8-15/h2-10,13,20H,11-12H2,1H3. The Bertz CT molecular complexity index is 952. The fourth-order valence-electron chi connectivity index (χ4n) is 2.47. The first-order valence-electron chi connectivity index (χ1n) is 7.76. The van der Waals surface area contributed by atoms with E-state index in [4.69, 9.17) is 0 Å². The van der Waals surface area contributed by atoms with Crippen LogP contribution in [0, 0.1) is 12.7 Å². The smallest absolute Gasteiger partial charge is 0.244 e. The highest BCUT2D eigenvalue weighted by Gasteiger charge is 2.20. The van der Waals surface area contributed by atoms with Crippen LogP contribution in [0.4, 0.5) is 4.39 Å². The number of rotatable bonds is 6. The van der Waals surface area contributed by atoms with Gasteiger partial charge in [0, 0.05) is 12.7 Å². The van der Waals surface area contributed by atoms with Crippen LogP contribution in [0.3, 0.4) is 0 Å². The summed E-state index contributed by atoms with van der Waals surface area (Å²) < 4.78 is 42.1. The van der Waals surface area contributed by atoms with Gasteiger partial charge in [0.2, 0.25) is 10.0 Å². The Hall–Kier alpha value is -2.51. The molecule has 0 fully saturated rings. The van der Waals surface area contributed by atoms with Crippen molar-refractivity contribution in [1.82, 2.24) is 14.5 Å². The quantitative estimate of drug-likeness (QED) is 0.736. The Morgan fingerprint density at radius 3 is 2.40 bits per heavy atom. The van der Waals surface area contributed by atoms with E-state index in [1.807, 2.05) is 30.3 Å². The molecule has 7 heteroatoms. The molecule has 0 aliphatic rings. The summed E-state index contributed by atoms with van der Waals surface area (Å²) in [5, 5.41) is 4.29. The molecule has 0 atom stereocenters. The third-order valence-corrected chi connectivity index (χ3v) is 5.26. The minimum absolute atomic E-state index is 0.0892. The van der Waals surface area contributed by atoms with E-state index in [0.29, 0.717) is 17.8 Å². The average molecular weight is 359 g/mol. The summed E-state index contributed by atoms with van der Waals surface area (Å²) >= 11 is 0. The third kappa shape index (κ3) is 4.32. The zero-order valence-corrected chi connectivity index (χ0v) is 14.5. The number of nitrogens with one attached hydrogen (secondary N) is 1. The van der Waals surface area contributed by atoms with Gasteiger partial charge in [-0.2, -0.15) is 5.10 Å². The van der Waals surface area contributed by atoms with Crippen LogP contribution < -0.4 is 4.72 Å². The van der Waals surface area contributed by atoms with E-state index >= 15 is 0 Å². The summed E-state index contributed by atoms with van der Waals surface area (Å²) in [7, 11) is -3.70. The van der Waals surface area contributed by atoms with Crippen LogP contribution in [-0.4, -0.2) is 18.2 Å². The molecule has 0 unspecified atom stereocenters. The molecule has 2 aromatic carbocycles. The van der Waals surface area contributed by atoms with Crippen LogP contribution in [0.5, 0.6) is 0 Å². The molecular formula is C18H18FN3O2S. The van der Waals surface area contributed by atoms with Crippen molar-refractivity contribution in [1.29, 1.82) is 0 Å². The van der Waals surface area contributed by atoms with Crippen LogP contribution in [0.25, 0.3) is 0 Å². The second-order valence-electron chi connectivity index (χ2n) is 5.71. The largest absolute Gasteiger partial charge is 0.267 e. The van der Waals surface area contributed by atoms with Gasteiger partial charge in [0.1, 0.15) is 10.7 Å².